The topological polar surface area (TPSA) is 169 Å². The van der Waals surface area contributed by atoms with Crippen LogP contribution >= 0.6 is 0 Å². The van der Waals surface area contributed by atoms with Crippen LogP contribution in [0.5, 0.6) is 0 Å². The molecule has 0 aromatic carbocycles. The van der Waals surface area contributed by atoms with E-state index >= 15 is 0 Å². The Morgan fingerprint density at radius 1 is 1.10 bits per heavy atom. The molecule has 2 fully saturated rings. The van der Waals surface area contributed by atoms with Gasteiger partial charge in [0, 0.05) is 23.5 Å². The van der Waals surface area contributed by atoms with Gasteiger partial charge in [-0.1, -0.05) is 26.8 Å². The second-order valence-corrected chi connectivity index (χ2v) is 11.7. The third-order valence-corrected chi connectivity index (χ3v) is 9.56. The van der Waals surface area contributed by atoms with Crippen molar-refractivity contribution in [2.45, 2.75) is 96.6 Å². The highest BCUT2D eigenvalue weighted by Gasteiger charge is 2.60. The second-order valence-electron chi connectivity index (χ2n) is 11.7. The maximum absolute atomic E-state index is 13.6. The van der Waals surface area contributed by atoms with E-state index in [4.69, 9.17) is 18.9 Å². The Hall–Kier alpha value is -2.31. The molecule has 2 heterocycles. The summed E-state index contributed by atoms with van der Waals surface area (Å²) in [6.45, 7) is 7.06. The van der Waals surface area contributed by atoms with Gasteiger partial charge in [0.25, 0.3) is 0 Å². The predicted molar refractivity (Wildman–Crippen MR) is 134 cm³/mol. The van der Waals surface area contributed by atoms with E-state index in [1.165, 1.54) is 6.92 Å². The van der Waals surface area contributed by atoms with Gasteiger partial charge in [-0.15, -0.1) is 0 Å². The number of carbonyl (C=O) groups is 3. The number of aliphatic hydroxyl groups excluding tert-OH is 4. The lowest BCUT2D eigenvalue weighted by atomic mass is 9.46. The molecule has 2 aliphatic heterocycles. The van der Waals surface area contributed by atoms with E-state index in [-0.39, 0.29) is 24.4 Å². The monoisotopic (exact) mass is 552 g/mol. The van der Waals surface area contributed by atoms with Gasteiger partial charge in [-0.05, 0) is 55.4 Å². The van der Waals surface area contributed by atoms with Crippen molar-refractivity contribution in [2.24, 2.45) is 22.7 Å². The van der Waals surface area contributed by atoms with Crippen LogP contribution in [0.1, 0.15) is 59.8 Å². The number of cyclic esters (lactones) is 1. The fourth-order valence-corrected chi connectivity index (χ4v) is 7.19. The van der Waals surface area contributed by atoms with E-state index in [0.29, 0.717) is 36.8 Å². The number of carbonyl (C=O) groups excluding carboxylic acids is 3. The zero-order valence-corrected chi connectivity index (χ0v) is 22.9. The zero-order valence-electron chi connectivity index (χ0n) is 22.9. The first kappa shape index (κ1) is 29.7. The van der Waals surface area contributed by atoms with Crippen molar-refractivity contribution in [1.82, 2.24) is 0 Å². The van der Waals surface area contributed by atoms with Crippen LogP contribution < -0.4 is 0 Å². The summed E-state index contributed by atoms with van der Waals surface area (Å²) in [4.78, 5) is 37.8. The van der Waals surface area contributed by atoms with E-state index < -0.39 is 66.2 Å². The van der Waals surface area contributed by atoms with Gasteiger partial charge < -0.3 is 39.4 Å². The van der Waals surface area contributed by atoms with E-state index in [0.717, 1.165) is 6.42 Å². The summed E-state index contributed by atoms with van der Waals surface area (Å²) in [5, 5.41) is 40.1. The lowest BCUT2D eigenvalue weighted by Gasteiger charge is -2.59. The Morgan fingerprint density at radius 3 is 2.44 bits per heavy atom. The summed E-state index contributed by atoms with van der Waals surface area (Å²) in [5.74, 6) is -1.62. The SMILES string of the molecule is CC(=O)OC1CC2(C)C(C(=O)OC3OC(CO)C(O)C(O)C3O)=CCCC2C(C)(CCC2=CCOC2=O)C1C. The maximum atomic E-state index is 13.6. The van der Waals surface area contributed by atoms with E-state index in [1.54, 1.807) is 12.2 Å². The molecule has 4 rings (SSSR count). The summed E-state index contributed by atoms with van der Waals surface area (Å²) in [7, 11) is 0. The number of hydrogen-bond donors (Lipinski definition) is 4. The van der Waals surface area contributed by atoms with Gasteiger partial charge in [-0.2, -0.15) is 0 Å². The first-order chi connectivity index (χ1) is 18.3. The predicted octanol–water partition coefficient (Wildman–Crippen LogP) is 0.913. The molecule has 11 nitrogen and oxygen atoms in total. The van der Waals surface area contributed by atoms with Gasteiger partial charge in [-0.3, -0.25) is 4.79 Å². The van der Waals surface area contributed by atoms with Crippen molar-refractivity contribution in [3.05, 3.63) is 23.3 Å². The van der Waals surface area contributed by atoms with Crippen molar-refractivity contribution < 1.29 is 53.8 Å². The molecule has 11 heteroatoms. The highest BCUT2D eigenvalue weighted by molar-refractivity contribution is 5.91. The number of fused-ring (bicyclic) bond motifs is 1. The van der Waals surface area contributed by atoms with Gasteiger partial charge in [0.2, 0.25) is 6.29 Å². The number of hydrogen-bond acceptors (Lipinski definition) is 11. The lowest BCUT2D eigenvalue weighted by molar-refractivity contribution is -0.292. The molecule has 1 saturated carbocycles. The van der Waals surface area contributed by atoms with Crippen LogP contribution in [0, 0.1) is 22.7 Å². The molecule has 0 amide bonds. The molecular formula is C28H40O11. The molecule has 0 aromatic rings. The van der Waals surface area contributed by atoms with Crippen LogP contribution in [0.4, 0.5) is 0 Å². The minimum atomic E-state index is -1.72. The minimum absolute atomic E-state index is 0.0350. The largest absolute Gasteiger partial charge is 0.462 e. The first-order valence-electron chi connectivity index (χ1n) is 13.6. The van der Waals surface area contributed by atoms with Gasteiger partial charge in [0.1, 0.15) is 37.1 Å². The molecule has 0 radical (unpaired) electrons. The molecule has 4 N–H and O–H groups in total. The van der Waals surface area contributed by atoms with Gasteiger partial charge in [0.05, 0.1) is 6.61 Å². The minimum Gasteiger partial charge on any atom is -0.462 e. The number of esters is 3. The number of aliphatic hydroxyl groups is 4. The third-order valence-electron chi connectivity index (χ3n) is 9.56. The average Bonchev–Trinajstić information content (AvgIpc) is 3.30. The molecule has 218 valence electrons. The zero-order chi connectivity index (χ0) is 28.7. The molecule has 1 saturated heterocycles. The second kappa shape index (κ2) is 11.3. The molecule has 0 spiro atoms. The number of ether oxygens (including phenoxy) is 4. The quantitative estimate of drug-likeness (QED) is 0.262. The van der Waals surface area contributed by atoms with Crippen molar-refractivity contribution in [3.63, 3.8) is 0 Å². The molecule has 0 bridgehead atoms. The third kappa shape index (κ3) is 5.39. The van der Waals surface area contributed by atoms with E-state index in [2.05, 4.69) is 6.92 Å². The maximum Gasteiger partial charge on any atom is 0.336 e. The summed E-state index contributed by atoms with van der Waals surface area (Å²) < 4.78 is 21.8. The van der Waals surface area contributed by atoms with Crippen LogP contribution in [0.3, 0.4) is 0 Å². The number of allylic oxidation sites excluding steroid dienone is 1. The van der Waals surface area contributed by atoms with Crippen LogP contribution in [0.15, 0.2) is 23.3 Å². The molecule has 10 unspecified atom stereocenters. The Morgan fingerprint density at radius 2 is 1.82 bits per heavy atom. The Labute approximate surface area is 227 Å². The fraction of sp³-hybridized carbons (Fsp3) is 0.750. The summed E-state index contributed by atoms with van der Waals surface area (Å²) in [6, 6.07) is 0. The highest BCUT2D eigenvalue weighted by atomic mass is 16.7. The average molecular weight is 553 g/mol. The standard InChI is InChI=1S/C28H40O11/c1-14-18(37-15(2)30)12-28(4)17(25(35)39-26-23(33)22(32)21(31)19(13-29)38-26)6-5-7-20(28)27(14,3)10-8-16-9-11-36-24(16)34/h6,9,14,18-23,26,29,31-33H,5,7-8,10-13H2,1-4H3. The molecule has 0 aromatic heterocycles. The smallest absolute Gasteiger partial charge is 0.336 e. The van der Waals surface area contributed by atoms with Crippen molar-refractivity contribution in [3.8, 4) is 0 Å². The Kier molecular flexibility index (Phi) is 8.58. The van der Waals surface area contributed by atoms with Crippen LogP contribution in [0.2, 0.25) is 0 Å². The summed E-state index contributed by atoms with van der Waals surface area (Å²) >= 11 is 0. The Bertz CT molecular complexity index is 1030. The highest BCUT2D eigenvalue weighted by Crippen LogP contribution is 2.63. The van der Waals surface area contributed by atoms with Crippen molar-refractivity contribution >= 4 is 17.9 Å². The van der Waals surface area contributed by atoms with Crippen molar-refractivity contribution in [1.29, 1.82) is 0 Å². The van der Waals surface area contributed by atoms with Crippen molar-refractivity contribution in [2.75, 3.05) is 13.2 Å². The molecule has 10 atom stereocenters. The Balaban J connectivity index is 1.62. The molecule has 39 heavy (non-hydrogen) atoms. The van der Waals surface area contributed by atoms with Crippen LogP contribution in [0.25, 0.3) is 0 Å². The first-order valence-corrected chi connectivity index (χ1v) is 13.6. The van der Waals surface area contributed by atoms with E-state index in [1.807, 2.05) is 13.8 Å². The molecule has 2 aliphatic carbocycles. The fourth-order valence-electron chi connectivity index (χ4n) is 7.19. The van der Waals surface area contributed by atoms with E-state index in [9.17, 15) is 34.8 Å². The number of rotatable bonds is 7. The molecular weight excluding hydrogens is 512 g/mol. The van der Waals surface area contributed by atoms with Gasteiger partial charge >= 0.3 is 17.9 Å². The summed E-state index contributed by atoms with van der Waals surface area (Å²) in [6.07, 6.45) is -1.88. The van der Waals surface area contributed by atoms with Crippen LogP contribution in [-0.4, -0.2) is 88.4 Å². The van der Waals surface area contributed by atoms with Gasteiger partial charge in [-0.25, -0.2) is 9.59 Å². The normalized spacial score (nSPS) is 42.1. The molecule has 4 aliphatic rings. The van der Waals surface area contributed by atoms with Crippen LogP contribution in [-0.2, 0) is 33.3 Å². The summed E-state index contributed by atoms with van der Waals surface area (Å²) in [5.41, 5.74) is -0.242. The lowest BCUT2D eigenvalue weighted by Crippen LogP contribution is -2.60. The van der Waals surface area contributed by atoms with Gasteiger partial charge in [0.15, 0.2) is 0 Å².